The molecule has 0 fully saturated rings. The summed E-state index contributed by atoms with van der Waals surface area (Å²) >= 11 is 0. The third-order valence-corrected chi connectivity index (χ3v) is 2.28. The van der Waals surface area contributed by atoms with E-state index in [-0.39, 0.29) is 13.0 Å². The minimum atomic E-state index is -4.13. The van der Waals surface area contributed by atoms with Gasteiger partial charge in [-0.1, -0.05) is 6.92 Å². The van der Waals surface area contributed by atoms with Gasteiger partial charge < -0.3 is 9.84 Å². The van der Waals surface area contributed by atoms with E-state index in [1.54, 1.807) is 6.92 Å². The summed E-state index contributed by atoms with van der Waals surface area (Å²) in [5.74, 6) is 0. The molecule has 72 valence electrons. The van der Waals surface area contributed by atoms with Gasteiger partial charge >= 0.3 is 0 Å². The summed E-state index contributed by atoms with van der Waals surface area (Å²) in [6.45, 7) is 1.52. The Kier molecular flexibility index (Phi) is 4.87. The minimum absolute atomic E-state index is 0.0468. The molecule has 0 aliphatic rings. The van der Waals surface area contributed by atoms with Crippen LogP contribution in [0, 0.1) is 0 Å². The van der Waals surface area contributed by atoms with Crippen molar-refractivity contribution < 1.29 is 22.8 Å². The van der Waals surface area contributed by atoms with Crippen LogP contribution in [0.25, 0.3) is 0 Å². The van der Waals surface area contributed by atoms with Crippen molar-refractivity contribution in [3.05, 3.63) is 12.3 Å². The van der Waals surface area contributed by atoms with E-state index in [1.165, 1.54) is 6.08 Å². The van der Waals surface area contributed by atoms with Crippen molar-refractivity contribution in [3.63, 3.8) is 0 Å². The van der Waals surface area contributed by atoms with Crippen molar-refractivity contribution >= 4 is 10.1 Å². The van der Waals surface area contributed by atoms with Gasteiger partial charge in [-0.2, -0.15) is 8.42 Å². The fourth-order valence-electron chi connectivity index (χ4n) is 0.620. The zero-order valence-electron chi connectivity index (χ0n) is 6.67. The van der Waals surface area contributed by atoms with Crippen LogP contribution in [0.15, 0.2) is 12.3 Å². The predicted molar refractivity (Wildman–Crippen MR) is 43.3 cm³/mol. The van der Waals surface area contributed by atoms with Crippen LogP contribution in [0.4, 0.5) is 0 Å². The van der Waals surface area contributed by atoms with Crippen LogP contribution in [-0.2, 0) is 14.9 Å². The summed E-state index contributed by atoms with van der Waals surface area (Å²) in [6.07, 6.45) is 2.14. The van der Waals surface area contributed by atoms with Gasteiger partial charge in [0.1, 0.15) is 0 Å². The van der Waals surface area contributed by atoms with Crippen LogP contribution in [0.2, 0.25) is 0 Å². The lowest BCUT2D eigenvalue weighted by Gasteiger charge is -2.10. The molecule has 5 nitrogen and oxygen atoms in total. The van der Waals surface area contributed by atoms with E-state index in [0.717, 1.165) is 6.26 Å². The molecule has 1 unspecified atom stereocenters. The molecule has 0 saturated heterocycles. The molecule has 2 N–H and O–H groups in total. The third kappa shape index (κ3) is 4.32. The van der Waals surface area contributed by atoms with Gasteiger partial charge in [0.2, 0.25) is 0 Å². The largest absolute Gasteiger partial charge is 0.516 e. The normalized spacial score (nSPS) is 15.2. The molecule has 0 aliphatic heterocycles. The predicted octanol–water partition coefficient (Wildman–Crippen LogP) is 0.699. The van der Waals surface area contributed by atoms with Crippen LogP contribution < -0.4 is 0 Å². The van der Waals surface area contributed by atoms with Crippen LogP contribution in [0.3, 0.4) is 0 Å². The van der Waals surface area contributed by atoms with E-state index in [0.29, 0.717) is 0 Å². The Morgan fingerprint density at radius 2 is 2.17 bits per heavy atom. The van der Waals surface area contributed by atoms with Crippen molar-refractivity contribution in [2.75, 3.05) is 6.61 Å². The smallest absolute Gasteiger partial charge is 0.292 e. The summed E-state index contributed by atoms with van der Waals surface area (Å²) in [5, 5.41) is 8.18. The number of hydrogen-bond donors (Lipinski definition) is 2. The van der Waals surface area contributed by atoms with Crippen molar-refractivity contribution in [2.24, 2.45) is 0 Å². The molecule has 0 rings (SSSR count). The van der Waals surface area contributed by atoms with Crippen molar-refractivity contribution in [3.8, 4) is 0 Å². The maximum atomic E-state index is 10.5. The van der Waals surface area contributed by atoms with E-state index in [2.05, 4.69) is 0 Å². The molecule has 6 heteroatoms. The van der Waals surface area contributed by atoms with Gasteiger partial charge in [0, 0.05) is 0 Å². The van der Waals surface area contributed by atoms with Gasteiger partial charge in [-0.25, -0.2) is 0 Å². The molecule has 0 aromatic heterocycles. The van der Waals surface area contributed by atoms with Crippen molar-refractivity contribution in [1.82, 2.24) is 0 Å². The first-order valence-corrected chi connectivity index (χ1v) is 4.89. The van der Waals surface area contributed by atoms with E-state index < -0.39 is 15.6 Å². The maximum Gasteiger partial charge on any atom is 0.292 e. The van der Waals surface area contributed by atoms with Gasteiger partial charge in [-0.3, -0.25) is 4.55 Å². The van der Waals surface area contributed by atoms with Crippen LogP contribution in [0.5, 0.6) is 0 Å². The molecule has 0 aromatic carbocycles. The van der Waals surface area contributed by atoms with Gasteiger partial charge in [0.05, 0.1) is 12.9 Å². The molecule has 0 saturated carbocycles. The Morgan fingerprint density at radius 1 is 1.58 bits per heavy atom. The second-order valence-corrected chi connectivity index (χ2v) is 3.63. The highest BCUT2D eigenvalue weighted by Crippen LogP contribution is 2.05. The molecule has 0 aliphatic carbocycles. The zero-order valence-corrected chi connectivity index (χ0v) is 7.49. The van der Waals surface area contributed by atoms with Crippen LogP contribution >= 0.6 is 0 Å². The number of hydrogen-bond acceptors (Lipinski definition) is 4. The van der Waals surface area contributed by atoms with Gasteiger partial charge in [-0.15, -0.1) is 0 Å². The lowest BCUT2D eigenvalue weighted by Crippen LogP contribution is -2.23. The number of aliphatic hydroxyl groups excluding tert-OH is 1. The fraction of sp³-hybridized carbons (Fsp3) is 0.667. The molecule has 0 aromatic rings. The zero-order chi connectivity index (χ0) is 9.61. The van der Waals surface area contributed by atoms with Crippen molar-refractivity contribution in [2.45, 2.75) is 18.8 Å². The lowest BCUT2D eigenvalue weighted by atomic mass is 10.5. The number of aliphatic hydroxyl groups is 1. The first kappa shape index (κ1) is 11.4. The summed E-state index contributed by atoms with van der Waals surface area (Å²) in [7, 11) is -4.13. The first-order chi connectivity index (χ1) is 5.52. The summed E-state index contributed by atoms with van der Waals surface area (Å²) < 4.78 is 34.2. The van der Waals surface area contributed by atoms with Crippen LogP contribution in [0.1, 0.15) is 13.3 Å². The Hall–Kier alpha value is -0.590. The Balaban J connectivity index is 4.02. The quantitative estimate of drug-likeness (QED) is 0.499. The standard InChI is InChI=1S/C6H12O5S/c1-2-6(12(8,9)10)11-5-3-4-7/h3-4,6-7H,2,5H2,1H3,(H,8,9,10). The molecule has 0 radical (unpaired) electrons. The third-order valence-electron chi connectivity index (χ3n) is 1.15. The molecule has 12 heavy (non-hydrogen) atoms. The molecule has 0 spiro atoms. The monoisotopic (exact) mass is 196 g/mol. The van der Waals surface area contributed by atoms with Gasteiger partial charge in [-0.05, 0) is 12.5 Å². The topological polar surface area (TPSA) is 83.8 Å². The molecular formula is C6H12O5S. The molecule has 1 atom stereocenters. The fourth-order valence-corrected chi connectivity index (χ4v) is 1.29. The van der Waals surface area contributed by atoms with Crippen LogP contribution in [-0.4, -0.2) is 30.1 Å². The van der Waals surface area contributed by atoms with E-state index in [4.69, 9.17) is 14.4 Å². The highest BCUT2D eigenvalue weighted by molar-refractivity contribution is 7.86. The number of ether oxygens (including phenoxy) is 1. The maximum absolute atomic E-state index is 10.5. The van der Waals surface area contributed by atoms with Gasteiger partial charge in [0.15, 0.2) is 5.44 Å². The number of rotatable bonds is 5. The lowest BCUT2D eigenvalue weighted by molar-refractivity contribution is 0.119. The Morgan fingerprint density at radius 3 is 2.50 bits per heavy atom. The molecule has 0 bridgehead atoms. The second kappa shape index (κ2) is 5.13. The van der Waals surface area contributed by atoms with Gasteiger partial charge in [0.25, 0.3) is 10.1 Å². The Bertz CT molecular complexity index is 230. The van der Waals surface area contributed by atoms with E-state index in [9.17, 15) is 8.42 Å². The highest BCUT2D eigenvalue weighted by Gasteiger charge is 2.20. The Labute approximate surface area is 71.4 Å². The van der Waals surface area contributed by atoms with Crippen molar-refractivity contribution in [1.29, 1.82) is 0 Å². The first-order valence-electron chi connectivity index (χ1n) is 3.39. The average molecular weight is 196 g/mol. The highest BCUT2D eigenvalue weighted by atomic mass is 32.2. The minimum Gasteiger partial charge on any atom is -0.516 e. The molecule has 0 amide bonds. The summed E-state index contributed by atoms with van der Waals surface area (Å²) in [4.78, 5) is 0. The van der Waals surface area contributed by atoms with E-state index >= 15 is 0 Å². The average Bonchev–Trinajstić information content (AvgIpc) is 1.95. The summed E-state index contributed by atoms with van der Waals surface area (Å²) in [5.41, 5.74) is -1.21. The SMILES string of the molecule is CCC(OCC=CO)S(=O)(=O)O. The summed E-state index contributed by atoms with van der Waals surface area (Å²) in [6, 6.07) is 0. The van der Waals surface area contributed by atoms with E-state index in [1.807, 2.05) is 0 Å². The molecular weight excluding hydrogens is 184 g/mol. The second-order valence-electron chi connectivity index (χ2n) is 2.07. The molecule has 0 heterocycles.